The maximum Gasteiger partial charge on any atom is 0.223 e. The topological polar surface area (TPSA) is 37.4 Å². The first-order valence-electron chi connectivity index (χ1n) is 4.99. The lowest BCUT2D eigenvalue weighted by Crippen LogP contribution is -2.36. The molecule has 72 valence electrons. The van der Waals surface area contributed by atoms with Gasteiger partial charge in [0.15, 0.2) is 0 Å². The van der Waals surface area contributed by atoms with Crippen molar-refractivity contribution < 1.29 is 9.59 Å². The molecule has 0 aliphatic carbocycles. The van der Waals surface area contributed by atoms with E-state index in [4.69, 9.17) is 0 Å². The first-order chi connectivity index (χ1) is 6.18. The number of amides is 1. The number of rotatable bonds is 2. The Kier molecular flexibility index (Phi) is 2.10. The van der Waals surface area contributed by atoms with Crippen molar-refractivity contribution in [1.82, 2.24) is 4.90 Å². The molecule has 0 spiro atoms. The van der Waals surface area contributed by atoms with Crippen molar-refractivity contribution in [3.8, 4) is 0 Å². The molecule has 0 aromatic heterocycles. The van der Waals surface area contributed by atoms with Gasteiger partial charge in [-0.1, -0.05) is 0 Å². The lowest BCUT2D eigenvalue weighted by atomic mass is 10.1. The predicted octanol–water partition coefficient (Wildman–Crippen LogP) is 1.12. The molecular formula is C10H15NO2. The van der Waals surface area contributed by atoms with E-state index in [0.29, 0.717) is 18.9 Å². The second-order valence-electron chi connectivity index (χ2n) is 4.13. The summed E-state index contributed by atoms with van der Waals surface area (Å²) < 4.78 is 0. The number of fused-ring (bicyclic) bond motifs is 1. The molecule has 13 heavy (non-hydrogen) atoms. The highest BCUT2D eigenvalue weighted by Gasteiger charge is 2.41. The van der Waals surface area contributed by atoms with Gasteiger partial charge in [-0.05, 0) is 26.2 Å². The maximum atomic E-state index is 11.5. The number of nitrogens with zero attached hydrogens (tertiary/aromatic N) is 1. The van der Waals surface area contributed by atoms with Gasteiger partial charge in [0.2, 0.25) is 5.91 Å². The quantitative estimate of drug-likeness (QED) is 0.640. The van der Waals surface area contributed by atoms with Crippen LogP contribution >= 0.6 is 0 Å². The van der Waals surface area contributed by atoms with Gasteiger partial charge >= 0.3 is 0 Å². The molecule has 1 amide bonds. The molecule has 2 rings (SSSR count). The average molecular weight is 181 g/mol. The largest absolute Gasteiger partial charge is 0.336 e. The second-order valence-corrected chi connectivity index (χ2v) is 4.13. The van der Waals surface area contributed by atoms with Gasteiger partial charge in [0, 0.05) is 24.9 Å². The Hall–Kier alpha value is -0.860. The molecule has 3 nitrogen and oxygen atoms in total. The highest BCUT2D eigenvalue weighted by atomic mass is 16.2. The molecule has 0 aromatic rings. The molecule has 2 aliphatic heterocycles. The van der Waals surface area contributed by atoms with Crippen molar-refractivity contribution in [1.29, 1.82) is 0 Å². The van der Waals surface area contributed by atoms with Crippen LogP contribution in [-0.2, 0) is 9.59 Å². The molecule has 0 saturated carbocycles. The Bertz CT molecular complexity index is 249. The smallest absolute Gasteiger partial charge is 0.223 e. The van der Waals surface area contributed by atoms with Crippen LogP contribution in [0.1, 0.15) is 39.0 Å². The van der Waals surface area contributed by atoms with Crippen molar-refractivity contribution in [2.24, 2.45) is 0 Å². The number of carbonyl (C=O) groups excluding carboxylic acids is 2. The van der Waals surface area contributed by atoms with Gasteiger partial charge < -0.3 is 4.90 Å². The molecule has 2 fully saturated rings. The second kappa shape index (κ2) is 3.13. The van der Waals surface area contributed by atoms with Crippen LogP contribution in [0.4, 0.5) is 0 Å². The number of Topliss-reactive ketones (excluding diaryl/α,β-unsaturated/α-hetero) is 1. The highest BCUT2D eigenvalue weighted by molar-refractivity contribution is 5.81. The summed E-state index contributed by atoms with van der Waals surface area (Å²) in [5.41, 5.74) is 0. The SMILES string of the molecule is CC(=O)CC1CCC2CCC(=O)N21. The lowest BCUT2D eigenvalue weighted by Gasteiger charge is -2.23. The fourth-order valence-electron chi connectivity index (χ4n) is 2.60. The van der Waals surface area contributed by atoms with Crippen molar-refractivity contribution in [3.63, 3.8) is 0 Å². The van der Waals surface area contributed by atoms with E-state index >= 15 is 0 Å². The molecule has 3 heteroatoms. The summed E-state index contributed by atoms with van der Waals surface area (Å²) in [6.07, 6.45) is 4.38. The molecule has 2 heterocycles. The minimum atomic E-state index is 0.199. The monoisotopic (exact) mass is 181 g/mol. The third-order valence-electron chi connectivity index (χ3n) is 3.12. The molecule has 0 bridgehead atoms. The van der Waals surface area contributed by atoms with Gasteiger partial charge in [-0.3, -0.25) is 9.59 Å². The summed E-state index contributed by atoms with van der Waals surface area (Å²) in [5.74, 6) is 0.458. The Morgan fingerprint density at radius 2 is 2.23 bits per heavy atom. The van der Waals surface area contributed by atoms with Crippen molar-refractivity contribution in [3.05, 3.63) is 0 Å². The van der Waals surface area contributed by atoms with Crippen molar-refractivity contribution in [2.45, 2.75) is 51.1 Å². The third-order valence-corrected chi connectivity index (χ3v) is 3.12. The molecule has 2 aliphatic rings. The van der Waals surface area contributed by atoms with Crippen LogP contribution in [0.5, 0.6) is 0 Å². The van der Waals surface area contributed by atoms with Crippen LogP contribution in [0.2, 0.25) is 0 Å². The van der Waals surface area contributed by atoms with Gasteiger partial charge in [0.1, 0.15) is 5.78 Å². The molecule has 0 radical (unpaired) electrons. The summed E-state index contributed by atoms with van der Waals surface area (Å²) in [4.78, 5) is 24.4. The van der Waals surface area contributed by atoms with E-state index < -0.39 is 0 Å². The van der Waals surface area contributed by atoms with Crippen LogP contribution in [0.3, 0.4) is 0 Å². The Labute approximate surface area is 78.1 Å². The summed E-state index contributed by atoms with van der Waals surface area (Å²) in [5, 5.41) is 0. The van der Waals surface area contributed by atoms with Crippen molar-refractivity contribution >= 4 is 11.7 Å². The number of hydrogen-bond acceptors (Lipinski definition) is 2. The Morgan fingerprint density at radius 1 is 1.46 bits per heavy atom. The van der Waals surface area contributed by atoms with E-state index in [-0.39, 0.29) is 17.7 Å². The lowest BCUT2D eigenvalue weighted by molar-refractivity contribution is -0.130. The minimum absolute atomic E-state index is 0.199. The predicted molar refractivity (Wildman–Crippen MR) is 48.2 cm³/mol. The highest BCUT2D eigenvalue weighted by Crippen LogP contribution is 2.34. The number of hydrogen-bond donors (Lipinski definition) is 0. The summed E-state index contributed by atoms with van der Waals surface area (Å²) in [7, 11) is 0. The maximum absolute atomic E-state index is 11.5. The van der Waals surface area contributed by atoms with Crippen LogP contribution in [0.25, 0.3) is 0 Å². The third kappa shape index (κ3) is 1.47. The molecule has 2 atom stereocenters. The summed E-state index contributed by atoms with van der Waals surface area (Å²) >= 11 is 0. The van der Waals surface area contributed by atoms with Crippen LogP contribution in [-0.4, -0.2) is 28.7 Å². The average Bonchev–Trinajstić information content (AvgIpc) is 2.56. The van der Waals surface area contributed by atoms with Crippen LogP contribution in [0, 0.1) is 0 Å². The van der Waals surface area contributed by atoms with E-state index in [1.165, 1.54) is 0 Å². The standard InChI is InChI=1S/C10H15NO2/c1-7(12)6-9-3-2-8-4-5-10(13)11(8)9/h8-9H,2-6H2,1H3. The van der Waals surface area contributed by atoms with Gasteiger partial charge in [-0.2, -0.15) is 0 Å². The zero-order chi connectivity index (χ0) is 9.42. The molecular weight excluding hydrogens is 166 g/mol. The Morgan fingerprint density at radius 3 is 2.92 bits per heavy atom. The van der Waals surface area contributed by atoms with Gasteiger partial charge in [0.05, 0.1) is 0 Å². The van der Waals surface area contributed by atoms with E-state index in [1.807, 2.05) is 4.90 Å². The number of carbonyl (C=O) groups is 2. The first kappa shape index (κ1) is 8.73. The molecule has 0 N–H and O–H groups in total. The number of ketones is 1. The first-order valence-corrected chi connectivity index (χ1v) is 4.99. The van der Waals surface area contributed by atoms with Gasteiger partial charge in [-0.15, -0.1) is 0 Å². The molecule has 0 aromatic carbocycles. The zero-order valence-corrected chi connectivity index (χ0v) is 7.95. The summed E-state index contributed by atoms with van der Waals surface area (Å²) in [6, 6.07) is 0.675. The van der Waals surface area contributed by atoms with Gasteiger partial charge in [0.25, 0.3) is 0 Å². The molecule has 2 saturated heterocycles. The van der Waals surface area contributed by atoms with E-state index in [9.17, 15) is 9.59 Å². The van der Waals surface area contributed by atoms with Crippen molar-refractivity contribution in [2.75, 3.05) is 0 Å². The van der Waals surface area contributed by atoms with Gasteiger partial charge in [-0.25, -0.2) is 0 Å². The van der Waals surface area contributed by atoms with Crippen LogP contribution < -0.4 is 0 Å². The minimum Gasteiger partial charge on any atom is -0.336 e. The van der Waals surface area contributed by atoms with E-state index in [2.05, 4.69) is 0 Å². The fourth-order valence-corrected chi connectivity index (χ4v) is 2.60. The van der Waals surface area contributed by atoms with E-state index in [1.54, 1.807) is 6.92 Å². The normalized spacial score (nSPS) is 32.4. The zero-order valence-electron chi connectivity index (χ0n) is 7.95. The fraction of sp³-hybridized carbons (Fsp3) is 0.800. The summed E-state index contributed by atoms with van der Waals surface area (Å²) in [6.45, 7) is 1.61. The molecule has 2 unspecified atom stereocenters. The van der Waals surface area contributed by atoms with Crippen LogP contribution in [0.15, 0.2) is 0 Å². The Balaban J connectivity index is 2.06. The van der Waals surface area contributed by atoms with E-state index in [0.717, 1.165) is 19.3 Å².